The van der Waals surface area contributed by atoms with Gasteiger partial charge in [-0.15, -0.1) is 0 Å². The molecule has 1 N–H and O–H groups in total. The summed E-state index contributed by atoms with van der Waals surface area (Å²) < 4.78 is 15.7. The van der Waals surface area contributed by atoms with Crippen molar-refractivity contribution < 1.29 is 33.4 Å². The first-order valence-electron chi connectivity index (χ1n) is 10.1. The van der Waals surface area contributed by atoms with Gasteiger partial charge in [0.2, 0.25) is 0 Å². The largest absolute Gasteiger partial charge is 0.464 e. The quantitative estimate of drug-likeness (QED) is 0.257. The van der Waals surface area contributed by atoms with E-state index in [2.05, 4.69) is 25.7 Å². The Morgan fingerprint density at radius 2 is 1.88 bits per heavy atom. The molecule has 174 valence electrons. The van der Waals surface area contributed by atoms with Gasteiger partial charge in [-0.2, -0.15) is 0 Å². The third-order valence-corrected chi connectivity index (χ3v) is 5.56. The lowest BCUT2D eigenvalue weighted by Crippen LogP contribution is -2.48. The summed E-state index contributed by atoms with van der Waals surface area (Å²) in [4.78, 5) is 53.0. The normalized spacial score (nSPS) is 17.4. The highest BCUT2D eigenvalue weighted by Gasteiger charge is 2.33. The minimum Gasteiger partial charge on any atom is -0.464 e. The molecule has 1 aromatic heterocycles. The van der Waals surface area contributed by atoms with Crippen molar-refractivity contribution in [2.45, 2.75) is 32.1 Å². The lowest BCUT2D eigenvalue weighted by Gasteiger charge is -2.34. The first kappa shape index (κ1) is 24.2. The minimum absolute atomic E-state index is 0.0426. The standard InChI is InChI=1S/C23H23BrN2O7/c1-14(27)33-17-9-8-16(10-20(28)21-18(24)11-19(25-21)22(29)31-2)26(12-17)23(30)32-13-15-6-4-3-5-7-15/h3-9,11,16-17,25H,10,12-13H2,1-2H3/t16-,17+/m1/s1. The van der Waals surface area contributed by atoms with Crippen molar-refractivity contribution >= 4 is 39.7 Å². The number of Topliss-reactive ketones (excluding diaryl/α,β-unsaturated/α-hetero) is 1. The van der Waals surface area contributed by atoms with Crippen molar-refractivity contribution in [2.75, 3.05) is 13.7 Å². The zero-order valence-electron chi connectivity index (χ0n) is 18.1. The van der Waals surface area contributed by atoms with Crippen molar-refractivity contribution in [3.8, 4) is 0 Å². The molecule has 0 radical (unpaired) electrons. The molecule has 0 saturated carbocycles. The van der Waals surface area contributed by atoms with Crippen LogP contribution in [0.15, 0.2) is 53.0 Å². The van der Waals surface area contributed by atoms with E-state index in [1.807, 2.05) is 30.3 Å². The molecule has 2 atom stereocenters. The number of halogens is 1. The predicted molar refractivity (Wildman–Crippen MR) is 121 cm³/mol. The van der Waals surface area contributed by atoms with Crippen LogP contribution in [0.1, 0.15) is 39.9 Å². The fourth-order valence-corrected chi connectivity index (χ4v) is 3.92. The summed E-state index contributed by atoms with van der Waals surface area (Å²) in [6.45, 7) is 1.38. The summed E-state index contributed by atoms with van der Waals surface area (Å²) in [5, 5.41) is 0. The molecule has 0 saturated heterocycles. The number of carbonyl (C=O) groups is 4. The summed E-state index contributed by atoms with van der Waals surface area (Å²) in [6.07, 6.45) is 1.91. The third kappa shape index (κ3) is 6.32. The molecule has 0 bridgehead atoms. The summed E-state index contributed by atoms with van der Waals surface area (Å²) in [7, 11) is 1.24. The number of carbonyl (C=O) groups excluding carboxylic acids is 4. The summed E-state index contributed by atoms with van der Waals surface area (Å²) in [5.74, 6) is -1.43. The summed E-state index contributed by atoms with van der Waals surface area (Å²) >= 11 is 3.27. The highest BCUT2D eigenvalue weighted by atomic mass is 79.9. The first-order valence-corrected chi connectivity index (χ1v) is 10.9. The van der Waals surface area contributed by atoms with Crippen molar-refractivity contribution in [2.24, 2.45) is 0 Å². The maximum atomic E-state index is 13.0. The number of ketones is 1. The number of aromatic amines is 1. The number of amides is 1. The van der Waals surface area contributed by atoms with E-state index >= 15 is 0 Å². The number of nitrogens with one attached hydrogen (secondary N) is 1. The van der Waals surface area contributed by atoms with E-state index in [1.165, 1.54) is 25.0 Å². The maximum absolute atomic E-state index is 13.0. The van der Waals surface area contributed by atoms with Crippen molar-refractivity contribution in [1.29, 1.82) is 0 Å². The van der Waals surface area contributed by atoms with Gasteiger partial charge in [0.25, 0.3) is 0 Å². The molecular weight excluding hydrogens is 496 g/mol. The van der Waals surface area contributed by atoms with E-state index in [9.17, 15) is 19.2 Å². The van der Waals surface area contributed by atoms with Gasteiger partial charge in [-0.3, -0.25) is 14.5 Å². The molecule has 1 amide bonds. The summed E-state index contributed by atoms with van der Waals surface area (Å²) in [6, 6.07) is 10.0. The van der Waals surface area contributed by atoms with Gasteiger partial charge >= 0.3 is 18.0 Å². The third-order valence-electron chi connectivity index (χ3n) is 4.93. The second kappa shape index (κ2) is 11.0. The van der Waals surface area contributed by atoms with Crippen LogP contribution in [0.3, 0.4) is 0 Å². The average molecular weight is 519 g/mol. The number of esters is 2. The molecule has 0 fully saturated rings. The molecule has 2 aromatic rings. The fraction of sp³-hybridized carbons (Fsp3) is 0.304. The Labute approximate surface area is 198 Å². The first-order chi connectivity index (χ1) is 15.8. The van der Waals surface area contributed by atoms with Gasteiger partial charge in [-0.25, -0.2) is 9.59 Å². The molecule has 9 nitrogen and oxygen atoms in total. The van der Waals surface area contributed by atoms with Gasteiger partial charge in [0, 0.05) is 17.8 Å². The molecule has 33 heavy (non-hydrogen) atoms. The SMILES string of the molecule is COC(=O)c1cc(Br)c(C(=O)C[C@H]2C=C[C@H](OC(C)=O)CN2C(=O)OCc2ccccc2)[nH]1. The van der Waals surface area contributed by atoms with E-state index in [4.69, 9.17) is 9.47 Å². The van der Waals surface area contributed by atoms with E-state index in [0.717, 1.165) is 5.56 Å². The van der Waals surface area contributed by atoms with Gasteiger partial charge in [-0.05, 0) is 33.6 Å². The number of hydrogen-bond donors (Lipinski definition) is 1. The van der Waals surface area contributed by atoms with Crippen LogP contribution in [0.5, 0.6) is 0 Å². The molecule has 0 aliphatic carbocycles. The zero-order valence-corrected chi connectivity index (χ0v) is 19.7. The number of methoxy groups -OCH3 is 1. The maximum Gasteiger partial charge on any atom is 0.410 e. The second-order valence-electron chi connectivity index (χ2n) is 7.32. The van der Waals surface area contributed by atoms with E-state index in [1.54, 1.807) is 12.2 Å². The molecule has 0 unspecified atom stereocenters. The van der Waals surface area contributed by atoms with Crippen LogP contribution >= 0.6 is 15.9 Å². The predicted octanol–water partition coefficient (Wildman–Crippen LogP) is 3.65. The van der Waals surface area contributed by atoms with Crippen LogP contribution < -0.4 is 0 Å². The van der Waals surface area contributed by atoms with Crippen molar-refractivity contribution in [3.63, 3.8) is 0 Å². The number of ether oxygens (including phenoxy) is 3. The fourth-order valence-electron chi connectivity index (χ4n) is 3.37. The van der Waals surface area contributed by atoms with Gasteiger partial charge in [0.1, 0.15) is 18.4 Å². The number of nitrogens with zero attached hydrogens (tertiary/aromatic N) is 1. The van der Waals surface area contributed by atoms with E-state index in [0.29, 0.717) is 4.47 Å². The number of hydrogen-bond acceptors (Lipinski definition) is 7. The molecule has 2 heterocycles. The topological polar surface area (TPSA) is 115 Å². The second-order valence-corrected chi connectivity index (χ2v) is 8.17. The van der Waals surface area contributed by atoms with Crippen molar-refractivity contribution in [1.82, 2.24) is 9.88 Å². The molecule has 3 rings (SSSR count). The Hall–Kier alpha value is -3.40. The smallest absolute Gasteiger partial charge is 0.410 e. The summed E-state index contributed by atoms with van der Waals surface area (Å²) in [5.41, 5.74) is 1.12. The van der Waals surface area contributed by atoms with Gasteiger partial charge < -0.3 is 19.2 Å². The molecule has 10 heteroatoms. The molecule has 0 spiro atoms. The highest BCUT2D eigenvalue weighted by molar-refractivity contribution is 9.10. The number of aromatic nitrogens is 1. The average Bonchev–Trinajstić information content (AvgIpc) is 3.20. The van der Waals surface area contributed by atoms with Crippen LogP contribution in [0, 0.1) is 0 Å². The zero-order chi connectivity index (χ0) is 24.0. The number of rotatable bonds is 7. The minimum atomic E-state index is -0.652. The lowest BCUT2D eigenvalue weighted by molar-refractivity contribution is -0.145. The van der Waals surface area contributed by atoms with Gasteiger partial charge in [0.05, 0.1) is 25.4 Å². The molecule has 1 aliphatic rings. The van der Waals surface area contributed by atoms with Crippen LogP contribution in [0.4, 0.5) is 4.79 Å². The van der Waals surface area contributed by atoms with Crippen LogP contribution in [-0.2, 0) is 25.6 Å². The van der Waals surface area contributed by atoms with E-state index < -0.39 is 30.2 Å². The Balaban J connectivity index is 1.75. The van der Waals surface area contributed by atoms with Crippen LogP contribution in [-0.4, -0.2) is 59.5 Å². The monoisotopic (exact) mass is 518 g/mol. The van der Waals surface area contributed by atoms with Crippen LogP contribution in [0.2, 0.25) is 0 Å². The molecule has 1 aromatic carbocycles. The Morgan fingerprint density at radius 1 is 1.15 bits per heavy atom. The van der Waals surface area contributed by atoms with E-state index in [-0.39, 0.29) is 36.7 Å². The lowest BCUT2D eigenvalue weighted by atomic mass is 10.0. The Kier molecular flexibility index (Phi) is 8.05. The number of H-pyrrole nitrogens is 1. The van der Waals surface area contributed by atoms with Crippen molar-refractivity contribution in [3.05, 3.63) is 70.0 Å². The van der Waals surface area contributed by atoms with Gasteiger partial charge in [-0.1, -0.05) is 36.4 Å². The molecular formula is C23H23BrN2O7. The molecule has 1 aliphatic heterocycles. The Bertz CT molecular complexity index is 1060. The van der Waals surface area contributed by atoms with Gasteiger partial charge in [0.15, 0.2) is 5.78 Å². The Morgan fingerprint density at radius 3 is 2.55 bits per heavy atom. The highest BCUT2D eigenvalue weighted by Crippen LogP contribution is 2.24. The number of benzene rings is 1. The van der Waals surface area contributed by atoms with Crippen LogP contribution in [0.25, 0.3) is 0 Å².